The molecule has 0 saturated carbocycles. The van der Waals surface area contributed by atoms with Gasteiger partial charge >= 0.3 is 0 Å². The van der Waals surface area contributed by atoms with Crippen molar-refractivity contribution in [2.75, 3.05) is 25.5 Å². The average Bonchev–Trinajstić information content (AvgIpc) is 3.06. The van der Waals surface area contributed by atoms with Gasteiger partial charge in [0.15, 0.2) is 0 Å². The van der Waals surface area contributed by atoms with E-state index in [4.69, 9.17) is 4.74 Å². The Hall–Kier alpha value is -2.30. The van der Waals surface area contributed by atoms with Crippen LogP contribution in [-0.4, -0.2) is 36.9 Å². The average molecular weight is 316 g/mol. The predicted octanol–water partition coefficient (Wildman–Crippen LogP) is 2.84. The number of methoxy groups -OCH3 is 1. The minimum Gasteiger partial charge on any atom is -0.495 e. The van der Waals surface area contributed by atoms with Crippen LogP contribution in [0.1, 0.15) is 26.2 Å². The van der Waals surface area contributed by atoms with Gasteiger partial charge in [-0.15, -0.1) is 0 Å². The van der Waals surface area contributed by atoms with E-state index in [9.17, 15) is 9.59 Å². The van der Waals surface area contributed by atoms with Crippen LogP contribution in [0, 0.1) is 5.92 Å². The highest BCUT2D eigenvalue weighted by molar-refractivity contribution is 5.95. The molecule has 1 aromatic rings. The quantitative estimate of drug-likeness (QED) is 0.787. The van der Waals surface area contributed by atoms with E-state index in [1.165, 1.54) is 0 Å². The fourth-order valence-corrected chi connectivity index (χ4v) is 2.71. The summed E-state index contributed by atoms with van der Waals surface area (Å²) in [5, 5.41) is 2.80. The lowest BCUT2D eigenvalue weighted by Gasteiger charge is -2.22. The van der Waals surface area contributed by atoms with Crippen LogP contribution in [0.3, 0.4) is 0 Å². The summed E-state index contributed by atoms with van der Waals surface area (Å²) in [7, 11) is 1.56. The second kappa shape index (κ2) is 8.36. The highest BCUT2D eigenvalue weighted by Gasteiger charge is 2.20. The third-order valence-corrected chi connectivity index (χ3v) is 4.00. The number of allylic oxidation sites excluding steroid dienone is 2. The summed E-state index contributed by atoms with van der Waals surface area (Å²) in [6.07, 6.45) is 6.75. The molecule has 23 heavy (non-hydrogen) atoms. The van der Waals surface area contributed by atoms with Gasteiger partial charge in [0.05, 0.1) is 19.3 Å². The second-order valence-electron chi connectivity index (χ2n) is 5.63. The third kappa shape index (κ3) is 4.84. The zero-order valence-electron chi connectivity index (χ0n) is 13.7. The number of rotatable bonds is 7. The Morgan fingerprint density at radius 2 is 2.13 bits per heavy atom. The molecule has 0 aliphatic heterocycles. The molecule has 5 heteroatoms. The monoisotopic (exact) mass is 316 g/mol. The van der Waals surface area contributed by atoms with Crippen molar-refractivity contribution in [2.24, 2.45) is 5.92 Å². The number of carbonyl (C=O) groups excluding carboxylic acids is 2. The van der Waals surface area contributed by atoms with Crippen LogP contribution in [-0.2, 0) is 9.59 Å². The molecule has 0 radical (unpaired) electrons. The maximum absolute atomic E-state index is 12.3. The minimum absolute atomic E-state index is 0.0271. The normalized spacial score (nSPS) is 16.2. The molecule has 1 aliphatic rings. The lowest BCUT2D eigenvalue weighted by atomic mass is 10.0. The maximum Gasteiger partial charge on any atom is 0.244 e. The van der Waals surface area contributed by atoms with Gasteiger partial charge in [0.25, 0.3) is 0 Å². The Kier molecular flexibility index (Phi) is 6.20. The van der Waals surface area contributed by atoms with Crippen LogP contribution in [0.15, 0.2) is 36.4 Å². The van der Waals surface area contributed by atoms with Crippen molar-refractivity contribution in [3.63, 3.8) is 0 Å². The summed E-state index contributed by atoms with van der Waals surface area (Å²) in [6, 6.07) is 7.22. The largest absolute Gasteiger partial charge is 0.495 e. The van der Waals surface area contributed by atoms with Crippen molar-refractivity contribution in [3.8, 4) is 5.75 Å². The van der Waals surface area contributed by atoms with Crippen molar-refractivity contribution in [3.05, 3.63) is 36.4 Å². The fraction of sp³-hybridized carbons (Fsp3) is 0.444. The molecule has 0 heterocycles. The van der Waals surface area contributed by atoms with Crippen LogP contribution in [0.5, 0.6) is 5.75 Å². The standard InChI is InChI=1S/C18H24N2O3/c1-3-20(18(22)12-14-8-4-5-9-14)13-17(21)19-15-10-6-7-11-16(15)23-2/h4,6-8,10-11,14H,3,5,9,12-13H2,1-2H3,(H,19,21). The zero-order valence-corrected chi connectivity index (χ0v) is 13.7. The minimum atomic E-state index is -0.216. The van der Waals surface area contributed by atoms with E-state index in [0.29, 0.717) is 30.3 Å². The summed E-state index contributed by atoms with van der Waals surface area (Å²) in [4.78, 5) is 26.1. The van der Waals surface area contributed by atoms with Gasteiger partial charge in [0.2, 0.25) is 11.8 Å². The van der Waals surface area contributed by atoms with E-state index >= 15 is 0 Å². The van der Waals surface area contributed by atoms with E-state index < -0.39 is 0 Å². The van der Waals surface area contributed by atoms with E-state index in [-0.39, 0.29) is 18.4 Å². The highest BCUT2D eigenvalue weighted by atomic mass is 16.5. The molecule has 0 spiro atoms. The topological polar surface area (TPSA) is 58.6 Å². The summed E-state index contributed by atoms with van der Waals surface area (Å²) in [5.41, 5.74) is 0.613. The molecule has 0 fully saturated rings. The highest BCUT2D eigenvalue weighted by Crippen LogP contribution is 2.23. The van der Waals surface area contributed by atoms with Crippen LogP contribution < -0.4 is 10.1 Å². The van der Waals surface area contributed by atoms with Crippen molar-refractivity contribution in [1.29, 1.82) is 0 Å². The van der Waals surface area contributed by atoms with Crippen molar-refractivity contribution in [2.45, 2.75) is 26.2 Å². The fourth-order valence-electron chi connectivity index (χ4n) is 2.71. The molecule has 124 valence electrons. The number of nitrogens with zero attached hydrogens (tertiary/aromatic N) is 1. The molecular formula is C18H24N2O3. The molecule has 1 N–H and O–H groups in total. The van der Waals surface area contributed by atoms with E-state index in [0.717, 1.165) is 12.8 Å². The maximum atomic E-state index is 12.3. The van der Waals surface area contributed by atoms with E-state index in [1.54, 1.807) is 24.1 Å². The molecule has 0 bridgehead atoms. The van der Waals surface area contributed by atoms with Crippen LogP contribution in [0.2, 0.25) is 0 Å². The first-order valence-electron chi connectivity index (χ1n) is 8.01. The number of ether oxygens (including phenoxy) is 1. The molecule has 1 unspecified atom stereocenters. The summed E-state index contributed by atoms with van der Waals surface area (Å²) < 4.78 is 5.21. The van der Waals surface area contributed by atoms with Crippen molar-refractivity contribution < 1.29 is 14.3 Å². The molecule has 2 amide bonds. The molecule has 2 rings (SSSR count). The van der Waals surface area contributed by atoms with Gasteiger partial charge in [-0.05, 0) is 37.8 Å². The first-order valence-corrected chi connectivity index (χ1v) is 8.01. The molecule has 1 aliphatic carbocycles. The van der Waals surface area contributed by atoms with E-state index in [1.807, 2.05) is 19.1 Å². The Morgan fingerprint density at radius 1 is 1.35 bits per heavy atom. The van der Waals surface area contributed by atoms with Crippen LogP contribution in [0.25, 0.3) is 0 Å². The number of amides is 2. The number of hydrogen-bond acceptors (Lipinski definition) is 3. The molecule has 1 aromatic carbocycles. The Balaban J connectivity index is 1.91. The predicted molar refractivity (Wildman–Crippen MR) is 90.4 cm³/mol. The second-order valence-corrected chi connectivity index (χ2v) is 5.63. The summed E-state index contributed by atoms with van der Waals surface area (Å²) in [6.45, 7) is 2.47. The first kappa shape index (κ1) is 17.1. The number of hydrogen-bond donors (Lipinski definition) is 1. The number of likely N-dealkylation sites (N-methyl/N-ethyl adjacent to an activating group) is 1. The molecule has 0 saturated heterocycles. The van der Waals surface area contributed by atoms with Gasteiger partial charge in [-0.1, -0.05) is 24.3 Å². The van der Waals surface area contributed by atoms with Crippen molar-refractivity contribution in [1.82, 2.24) is 4.90 Å². The van der Waals surface area contributed by atoms with Crippen LogP contribution in [0.4, 0.5) is 5.69 Å². The Labute approximate surface area is 137 Å². The molecule has 0 aromatic heterocycles. The van der Waals surface area contributed by atoms with Gasteiger partial charge < -0.3 is 15.0 Å². The lowest BCUT2D eigenvalue weighted by Crippen LogP contribution is -2.38. The SMILES string of the molecule is CCN(CC(=O)Nc1ccccc1OC)C(=O)CC1C=CCC1. The smallest absolute Gasteiger partial charge is 0.244 e. The third-order valence-electron chi connectivity index (χ3n) is 4.00. The van der Waals surface area contributed by atoms with Gasteiger partial charge in [-0.2, -0.15) is 0 Å². The van der Waals surface area contributed by atoms with Gasteiger partial charge in [0, 0.05) is 13.0 Å². The molecule has 1 atom stereocenters. The van der Waals surface area contributed by atoms with Crippen LogP contribution >= 0.6 is 0 Å². The number of para-hydroxylation sites is 2. The van der Waals surface area contributed by atoms with Gasteiger partial charge in [0.1, 0.15) is 5.75 Å². The number of nitrogens with one attached hydrogen (secondary N) is 1. The molecular weight excluding hydrogens is 292 g/mol. The molecule has 5 nitrogen and oxygen atoms in total. The first-order chi connectivity index (χ1) is 11.1. The van der Waals surface area contributed by atoms with Gasteiger partial charge in [-0.25, -0.2) is 0 Å². The number of benzene rings is 1. The van der Waals surface area contributed by atoms with Crippen molar-refractivity contribution >= 4 is 17.5 Å². The van der Waals surface area contributed by atoms with Gasteiger partial charge in [-0.3, -0.25) is 9.59 Å². The van der Waals surface area contributed by atoms with E-state index in [2.05, 4.69) is 17.5 Å². The number of carbonyl (C=O) groups is 2. The summed E-state index contributed by atoms with van der Waals surface area (Å²) >= 11 is 0. The Morgan fingerprint density at radius 3 is 2.78 bits per heavy atom. The Bertz CT molecular complexity index is 583. The number of anilines is 1. The lowest BCUT2D eigenvalue weighted by molar-refractivity contribution is -0.135. The summed E-state index contributed by atoms with van der Waals surface area (Å²) in [5.74, 6) is 0.728. The zero-order chi connectivity index (χ0) is 16.7.